The van der Waals surface area contributed by atoms with Crippen LogP contribution < -0.4 is 14.4 Å². The van der Waals surface area contributed by atoms with E-state index in [1.54, 1.807) is 56.5 Å². The molecular formula is C30H34FN3O5S. The number of methoxy groups -OCH3 is 1. The van der Waals surface area contributed by atoms with Gasteiger partial charge in [0.05, 0.1) is 17.7 Å². The maximum absolute atomic E-state index is 15.0. The molecule has 1 N–H and O–H groups in total. The lowest BCUT2D eigenvalue weighted by atomic mass is 10.1. The summed E-state index contributed by atoms with van der Waals surface area (Å²) < 4.78 is 48.4. The summed E-state index contributed by atoms with van der Waals surface area (Å²) in [5, 5.41) is 3.02. The van der Waals surface area contributed by atoms with E-state index in [0.29, 0.717) is 5.75 Å². The number of benzene rings is 3. The maximum atomic E-state index is 15.0. The van der Waals surface area contributed by atoms with Gasteiger partial charge in [-0.05, 0) is 61.7 Å². The Labute approximate surface area is 234 Å². The molecule has 40 heavy (non-hydrogen) atoms. The maximum Gasteiger partial charge on any atom is 0.264 e. The molecule has 0 spiro atoms. The summed E-state index contributed by atoms with van der Waals surface area (Å²) in [6, 6.07) is 19.1. The van der Waals surface area contributed by atoms with Gasteiger partial charge in [0, 0.05) is 12.6 Å². The second kappa shape index (κ2) is 13.0. The van der Waals surface area contributed by atoms with E-state index < -0.39 is 34.3 Å². The molecule has 1 fully saturated rings. The standard InChI is InChI=1S/C30H34FN3O5S/c1-22(30(36)32-24-10-6-7-11-24)33(20-23-16-18-25(39-2)19-17-23)29(35)21-34(28-15-9-8-14-27(28)31)40(37,38)26-12-4-3-5-13-26/h3-5,8-9,12-19,22,24H,6-7,10-11,20-21H2,1-2H3,(H,32,36)/t22-/m0/s1. The Bertz CT molecular complexity index is 1410. The number of carbonyl (C=O) groups is 2. The minimum Gasteiger partial charge on any atom is -0.497 e. The number of hydrogen-bond acceptors (Lipinski definition) is 5. The number of para-hydroxylation sites is 1. The van der Waals surface area contributed by atoms with Crippen molar-refractivity contribution in [3.63, 3.8) is 0 Å². The smallest absolute Gasteiger partial charge is 0.264 e. The van der Waals surface area contributed by atoms with Crippen LogP contribution in [0.25, 0.3) is 0 Å². The number of hydrogen-bond donors (Lipinski definition) is 1. The number of halogens is 1. The van der Waals surface area contributed by atoms with Crippen molar-refractivity contribution in [2.45, 2.75) is 56.1 Å². The molecule has 1 saturated carbocycles. The molecule has 10 heteroatoms. The summed E-state index contributed by atoms with van der Waals surface area (Å²) >= 11 is 0. The van der Waals surface area contributed by atoms with E-state index in [4.69, 9.17) is 4.74 Å². The number of amides is 2. The monoisotopic (exact) mass is 567 g/mol. The summed E-state index contributed by atoms with van der Waals surface area (Å²) in [5.74, 6) is -1.12. The Balaban J connectivity index is 1.68. The Kier molecular flexibility index (Phi) is 9.42. The van der Waals surface area contributed by atoms with Crippen molar-refractivity contribution in [1.82, 2.24) is 10.2 Å². The molecule has 0 bridgehead atoms. The first kappa shape index (κ1) is 29.1. The molecule has 0 aromatic heterocycles. The molecule has 0 heterocycles. The van der Waals surface area contributed by atoms with Gasteiger partial charge in [-0.2, -0.15) is 0 Å². The lowest BCUT2D eigenvalue weighted by Gasteiger charge is -2.32. The number of rotatable bonds is 11. The average Bonchev–Trinajstić information content (AvgIpc) is 3.48. The van der Waals surface area contributed by atoms with E-state index in [1.165, 1.54) is 35.2 Å². The van der Waals surface area contributed by atoms with Crippen LogP contribution in [-0.4, -0.2) is 50.9 Å². The molecule has 0 radical (unpaired) electrons. The van der Waals surface area contributed by atoms with Crippen molar-refractivity contribution in [3.8, 4) is 5.75 Å². The highest BCUT2D eigenvalue weighted by atomic mass is 32.2. The van der Waals surface area contributed by atoms with Gasteiger partial charge in [0.2, 0.25) is 11.8 Å². The van der Waals surface area contributed by atoms with Gasteiger partial charge in [0.1, 0.15) is 24.2 Å². The number of carbonyl (C=O) groups excluding carboxylic acids is 2. The van der Waals surface area contributed by atoms with Crippen LogP contribution in [0.5, 0.6) is 5.75 Å². The van der Waals surface area contributed by atoms with Gasteiger partial charge < -0.3 is 15.0 Å². The van der Waals surface area contributed by atoms with Crippen LogP contribution in [0.15, 0.2) is 83.8 Å². The molecule has 2 amide bonds. The molecule has 1 aliphatic rings. The van der Waals surface area contributed by atoms with E-state index in [9.17, 15) is 22.4 Å². The molecule has 0 aliphatic heterocycles. The number of anilines is 1. The Morgan fingerprint density at radius 3 is 2.23 bits per heavy atom. The molecular weight excluding hydrogens is 533 g/mol. The van der Waals surface area contributed by atoms with Crippen LogP contribution in [0, 0.1) is 5.82 Å². The van der Waals surface area contributed by atoms with Gasteiger partial charge in [-0.3, -0.25) is 13.9 Å². The van der Waals surface area contributed by atoms with Crippen LogP contribution >= 0.6 is 0 Å². The molecule has 1 atom stereocenters. The van der Waals surface area contributed by atoms with Gasteiger partial charge in [0.25, 0.3) is 10.0 Å². The summed E-state index contributed by atoms with van der Waals surface area (Å²) in [6.45, 7) is 0.957. The zero-order valence-electron chi connectivity index (χ0n) is 22.6. The highest BCUT2D eigenvalue weighted by Gasteiger charge is 2.34. The Morgan fingerprint density at radius 2 is 1.60 bits per heavy atom. The third-order valence-electron chi connectivity index (χ3n) is 7.11. The lowest BCUT2D eigenvalue weighted by molar-refractivity contribution is -0.139. The zero-order chi connectivity index (χ0) is 28.7. The summed E-state index contributed by atoms with van der Waals surface area (Å²) in [5.41, 5.74) is 0.463. The van der Waals surface area contributed by atoms with Crippen molar-refractivity contribution in [1.29, 1.82) is 0 Å². The second-order valence-electron chi connectivity index (χ2n) is 9.81. The van der Waals surface area contributed by atoms with Crippen LogP contribution in [0.4, 0.5) is 10.1 Å². The fourth-order valence-corrected chi connectivity index (χ4v) is 6.23. The minimum absolute atomic E-state index is 0.0403. The largest absolute Gasteiger partial charge is 0.497 e. The first-order valence-corrected chi connectivity index (χ1v) is 14.7. The number of nitrogens with one attached hydrogen (secondary N) is 1. The highest BCUT2D eigenvalue weighted by molar-refractivity contribution is 7.92. The van der Waals surface area contributed by atoms with Crippen molar-refractivity contribution < 1.29 is 27.1 Å². The number of ether oxygens (including phenoxy) is 1. The SMILES string of the molecule is COc1ccc(CN(C(=O)CN(c2ccccc2F)S(=O)(=O)c2ccccc2)[C@@H](C)C(=O)NC2CCCC2)cc1. The van der Waals surface area contributed by atoms with Gasteiger partial charge >= 0.3 is 0 Å². The van der Waals surface area contributed by atoms with E-state index in [0.717, 1.165) is 41.6 Å². The van der Waals surface area contributed by atoms with Crippen molar-refractivity contribution in [2.75, 3.05) is 18.0 Å². The molecule has 3 aromatic carbocycles. The van der Waals surface area contributed by atoms with Gasteiger partial charge in [-0.25, -0.2) is 12.8 Å². The first-order chi connectivity index (χ1) is 19.2. The average molecular weight is 568 g/mol. The van der Waals surface area contributed by atoms with Gasteiger partial charge in [-0.1, -0.05) is 55.3 Å². The van der Waals surface area contributed by atoms with E-state index >= 15 is 0 Å². The topological polar surface area (TPSA) is 96.0 Å². The van der Waals surface area contributed by atoms with Crippen LogP contribution in [0.2, 0.25) is 0 Å². The van der Waals surface area contributed by atoms with Crippen LogP contribution in [0.1, 0.15) is 38.2 Å². The fourth-order valence-electron chi connectivity index (χ4n) is 4.79. The highest BCUT2D eigenvalue weighted by Crippen LogP contribution is 2.27. The molecule has 4 rings (SSSR count). The Hall–Kier alpha value is -3.92. The minimum atomic E-state index is -4.32. The third kappa shape index (κ3) is 6.80. The molecule has 8 nitrogen and oxygen atoms in total. The summed E-state index contributed by atoms with van der Waals surface area (Å²) in [4.78, 5) is 28.4. The molecule has 3 aromatic rings. The quantitative estimate of drug-likeness (QED) is 0.368. The third-order valence-corrected chi connectivity index (χ3v) is 8.89. The van der Waals surface area contributed by atoms with E-state index in [2.05, 4.69) is 5.32 Å². The summed E-state index contributed by atoms with van der Waals surface area (Å²) in [6.07, 6.45) is 3.81. The molecule has 1 aliphatic carbocycles. The van der Waals surface area contributed by atoms with Gasteiger partial charge in [0.15, 0.2) is 0 Å². The molecule has 0 saturated heterocycles. The Morgan fingerprint density at radius 1 is 0.975 bits per heavy atom. The van der Waals surface area contributed by atoms with Crippen LogP contribution in [-0.2, 0) is 26.2 Å². The van der Waals surface area contributed by atoms with Crippen molar-refractivity contribution >= 4 is 27.5 Å². The number of nitrogens with zero attached hydrogens (tertiary/aromatic N) is 2. The predicted octanol–water partition coefficient (Wildman–Crippen LogP) is 4.51. The van der Waals surface area contributed by atoms with E-state index in [1.807, 2.05) is 0 Å². The first-order valence-electron chi connectivity index (χ1n) is 13.3. The van der Waals surface area contributed by atoms with Crippen molar-refractivity contribution in [3.05, 3.63) is 90.2 Å². The predicted molar refractivity (Wildman–Crippen MR) is 151 cm³/mol. The lowest BCUT2D eigenvalue weighted by Crippen LogP contribution is -2.52. The second-order valence-corrected chi connectivity index (χ2v) is 11.7. The van der Waals surface area contributed by atoms with E-state index in [-0.39, 0.29) is 29.1 Å². The zero-order valence-corrected chi connectivity index (χ0v) is 23.4. The summed E-state index contributed by atoms with van der Waals surface area (Å²) in [7, 11) is -2.78. The normalized spacial score (nSPS) is 14.4. The van der Waals surface area contributed by atoms with Crippen molar-refractivity contribution in [2.24, 2.45) is 0 Å². The number of sulfonamides is 1. The van der Waals surface area contributed by atoms with Gasteiger partial charge in [-0.15, -0.1) is 0 Å². The van der Waals surface area contributed by atoms with Crippen LogP contribution in [0.3, 0.4) is 0 Å². The molecule has 0 unspecified atom stereocenters. The fraction of sp³-hybridized carbons (Fsp3) is 0.333. The molecule has 212 valence electrons.